The number of nitrogens with two attached hydrogens (primary N) is 1. The Morgan fingerprint density at radius 2 is 2.20 bits per heavy atom. The lowest BCUT2D eigenvalue weighted by Crippen LogP contribution is -2.49. The standard InChI is InChI=1S/C15H25N3O2/c1-11(15(19)17-10-14-4-3-9-20-14)18(2)13-7-5-12(16)6-8-13/h3-4,9,11-13H,5-8,10,16H2,1-2H3,(H,17,19). The molecule has 0 bridgehead atoms. The monoisotopic (exact) mass is 279 g/mol. The SMILES string of the molecule is CC(C(=O)NCc1ccco1)N(C)C1CCC(N)CC1. The van der Waals surface area contributed by atoms with Crippen LogP contribution in [-0.2, 0) is 11.3 Å². The predicted octanol–water partition coefficient (Wildman–Crippen LogP) is 1.49. The number of nitrogens with one attached hydrogen (secondary N) is 1. The number of carbonyl (C=O) groups excluding carboxylic acids is 1. The molecule has 0 aliphatic heterocycles. The molecule has 3 N–H and O–H groups in total. The lowest BCUT2D eigenvalue weighted by molar-refractivity contribution is -0.126. The molecule has 5 nitrogen and oxygen atoms in total. The first kappa shape index (κ1) is 15.1. The molecule has 1 aromatic rings. The Balaban J connectivity index is 1.79. The Kier molecular flexibility index (Phi) is 5.20. The highest BCUT2D eigenvalue weighted by Crippen LogP contribution is 2.22. The molecule has 0 saturated heterocycles. The lowest BCUT2D eigenvalue weighted by Gasteiger charge is -2.36. The maximum atomic E-state index is 12.2. The number of amides is 1. The van der Waals surface area contributed by atoms with Gasteiger partial charge in [0.25, 0.3) is 0 Å². The van der Waals surface area contributed by atoms with Gasteiger partial charge in [-0.2, -0.15) is 0 Å². The van der Waals surface area contributed by atoms with E-state index in [2.05, 4.69) is 10.2 Å². The molecule has 0 spiro atoms. The minimum absolute atomic E-state index is 0.0405. The molecule has 1 fully saturated rings. The van der Waals surface area contributed by atoms with Crippen LogP contribution in [0.25, 0.3) is 0 Å². The van der Waals surface area contributed by atoms with Gasteiger partial charge in [0.15, 0.2) is 0 Å². The van der Waals surface area contributed by atoms with Crippen molar-refractivity contribution >= 4 is 5.91 Å². The van der Waals surface area contributed by atoms with E-state index >= 15 is 0 Å². The minimum atomic E-state index is -0.135. The van der Waals surface area contributed by atoms with E-state index in [4.69, 9.17) is 10.2 Å². The third kappa shape index (κ3) is 3.84. The average Bonchev–Trinajstić information content (AvgIpc) is 2.97. The first-order valence-corrected chi connectivity index (χ1v) is 7.35. The predicted molar refractivity (Wildman–Crippen MR) is 78.0 cm³/mol. The van der Waals surface area contributed by atoms with Crippen LogP contribution in [0.2, 0.25) is 0 Å². The summed E-state index contributed by atoms with van der Waals surface area (Å²) in [4.78, 5) is 14.3. The van der Waals surface area contributed by atoms with Crippen molar-refractivity contribution in [3.05, 3.63) is 24.2 Å². The van der Waals surface area contributed by atoms with E-state index in [1.807, 2.05) is 26.1 Å². The summed E-state index contributed by atoms with van der Waals surface area (Å²) in [7, 11) is 2.03. The number of furan rings is 1. The molecule has 1 atom stereocenters. The number of nitrogens with zero attached hydrogens (tertiary/aromatic N) is 1. The molecule has 112 valence electrons. The van der Waals surface area contributed by atoms with E-state index in [1.165, 1.54) is 0 Å². The first-order chi connectivity index (χ1) is 9.58. The van der Waals surface area contributed by atoms with Gasteiger partial charge >= 0.3 is 0 Å². The maximum Gasteiger partial charge on any atom is 0.237 e. The zero-order chi connectivity index (χ0) is 14.5. The van der Waals surface area contributed by atoms with Crippen LogP contribution in [0.3, 0.4) is 0 Å². The topological polar surface area (TPSA) is 71.5 Å². The number of rotatable bonds is 5. The van der Waals surface area contributed by atoms with Gasteiger partial charge in [-0.25, -0.2) is 0 Å². The molecule has 5 heteroatoms. The van der Waals surface area contributed by atoms with Crippen LogP contribution in [0.15, 0.2) is 22.8 Å². The van der Waals surface area contributed by atoms with Crippen molar-refractivity contribution in [1.82, 2.24) is 10.2 Å². The molecule has 1 unspecified atom stereocenters. The van der Waals surface area contributed by atoms with Crippen LogP contribution in [0, 0.1) is 0 Å². The molecule has 0 radical (unpaired) electrons. The van der Waals surface area contributed by atoms with Crippen LogP contribution in [0.4, 0.5) is 0 Å². The zero-order valence-corrected chi connectivity index (χ0v) is 12.3. The smallest absolute Gasteiger partial charge is 0.237 e. The Bertz CT molecular complexity index is 411. The summed E-state index contributed by atoms with van der Waals surface area (Å²) in [6.45, 7) is 2.39. The van der Waals surface area contributed by atoms with E-state index in [0.29, 0.717) is 18.6 Å². The van der Waals surface area contributed by atoms with E-state index < -0.39 is 0 Å². The second kappa shape index (κ2) is 6.90. The molecule has 1 amide bonds. The summed E-state index contributed by atoms with van der Waals surface area (Å²) in [5.74, 6) is 0.815. The fourth-order valence-corrected chi connectivity index (χ4v) is 2.75. The summed E-state index contributed by atoms with van der Waals surface area (Å²) in [5, 5.41) is 2.91. The van der Waals surface area contributed by atoms with Gasteiger partial charge < -0.3 is 15.5 Å². The second-order valence-electron chi connectivity index (χ2n) is 5.71. The molecule has 2 rings (SSSR count). The molecule has 20 heavy (non-hydrogen) atoms. The summed E-state index contributed by atoms with van der Waals surface area (Å²) in [6, 6.07) is 4.34. The van der Waals surface area contributed by atoms with E-state index in [9.17, 15) is 4.79 Å². The summed E-state index contributed by atoms with van der Waals surface area (Å²) in [6.07, 6.45) is 5.87. The number of hydrogen-bond acceptors (Lipinski definition) is 4. The van der Waals surface area contributed by atoms with Crippen molar-refractivity contribution in [1.29, 1.82) is 0 Å². The fourth-order valence-electron chi connectivity index (χ4n) is 2.75. The molecular formula is C15H25N3O2. The highest BCUT2D eigenvalue weighted by molar-refractivity contribution is 5.81. The van der Waals surface area contributed by atoms with Gasteiger partial charge in [-0.3, -0.25) is 9.69 Å². The largest absolute Gasteiger partial charge is 0.467 e. The zero-order valence-electron chi connectivity index (χ0n) is 12.3. The average molecular weight is 279 g/mol. The van der Waals surface area contributed by atoms with Gasteiger partial charge in [-0.15, -0.1) is 0 Å². The van der Waals surface area contributed by atoms with Crippen molar-refractivity contribution < 1.29 is 9.21 Å². The van der Waals surface area contributed by atoms with Gasteiger partial charge in [-0.1, -0.05) is 0 Å². The van der Waals surface area contributed by atoms with Gasteiger partial charge in [-0.05, 0) is 51.8 Å². The maximum absolute atomic E-state index is 12.2. The number of carbonyl (C=O) groups is 1. The normalized spacial score (nSPS) is 24.6. The van der Waals surface area contributed by atoms with Crippen molar-refractivity contribution in [2.24, 2.45) is 5.73 Å². The Morgan fingerprint density at radius 1 is 1.50 bits per heavy atom. The Hall–Kier alpha value is -1.33. The van der Waals surface area contributed by atoms with Crippen molar-refractivity contribution in [2.75, 3.05) is 7.05 Å². The van der Waals surface area contributed by atoms with Gasteiger partial charge in [0.2, 0.25) is 5.91 Å². The summed E-state index contributed by atoms with van der Waals surface area (Å²) < 4.78 is 5.21. The lowest BCUT2D eigenvalue weighted by atomic mass is 9.90. The Morgan fingerprint density at radius 3 is 2.80 bits per heavy atom. The minimum Gasteiger partial charge on any atom is -0.467 e. The van der Waals surface area contributed by atoms with Gasteiger partial charge in [0.1, 0.15) is 5.76 Å². The fraction of sp³-hybridized carbons (Fsp3) is 0.667. The number of hydrogen-bond donors (Lipinski definition) is 2. The van der Waals surface area contributed by atoms with Crippen molar-refractivity contribution in [3.63, 3.8) is 0 Å². The van der Waals surface area contributed by atoms with Crippen LogP contribution >= 0.6 is 0 Å². The molecule has 1 aliphatic carbocycles. The summed E-state index contributed by atoms with van der Waals surface area (Å²) >= 11 is 0. The van der Waals surface area contributed by atoms with Crippen LogP contribution in [0.5, 0.6) is 0 Å². The molecule has 1 aromatic heterocycles. The van der Waals surface area contributed by atoms with E-state index in [-0.39, 0.29) is 11.9 Å². The first-order valence-electron chi connectivity index (χ1n) is 7.35. The number of likely N-dealkylation sites (N-methyl/N-ethyl adjacent to an activating group) is 1. The molecule has 1 heterocycles. The highest BCUT2D eigenvalue weighted by atomic mass is 16.3. The Labute approximate surface area is 120 Å². The third-order valence-corrected chi connectivity index (χ3v) is 4.32. The van der Waals surface area contributed by atoms with E-state index in [0.717, 1.165) is 31.4 Å². The van der Waals surface area contributed by atoms with Gasteiger partial charge in [0, 0.05) is 12.1 Å². The van der Waals surface area contributed by atoms with Gasteiger partial charge in [0.05, 0.1) is 18.8 Å². The van der Waals surface area contributed by atoms with Crippen molar-refractivity contribution in [2.45, 2.75) is 57.3 Å². The second-order valence-corrected chi connectivity index (χ2v) is 5.71. The van der Waals surface area contributed by atoms with E-state index in [1.54, 1.807) is 6.26 Å². The summed E-state index contributed by atoms with van der Waals surface area (Å²) in [5.41, 5.74) is 5.93. The highest BCUT2D eigenvalue weighted by Gasteiger charge is 2.27. The van der Waals surface area contributed by atoms with Crippen LogP contribution < -0.4 is 11.1 Å². The molecule has 0 aromatic carbocycles. The third-order valence-electron chi connectivity index (χ3n) is 4.32. The molecule has 1 saturated carbocycles. The quantitative estimate of drug-likeness (QED) is 0.856. The van der Waals surface area contributed by atoms with Crippen LogP contribution in [0.1, 0.15) is 38.4 Å². The van der Waals surface area contributed by atoms with Crippen molar-refractivity contribution in [3.8, 4) is 0 Å². The van der Waals surface area contributed by atoms with Crippen LogP contribution in [-0.4, -0.2) is 36.0 Å². The molecular weight excluding hydrogens is 254 g/mol. The molecule has 1 aliphatic rings.